The highest BCUT2D eigenvalue weighted by Gasteiger charge is 2.15. The maximum atomic E-state index is 11.1. The molecule has 0 spiro atoms. The summed E-state index contributed by atoms with van der Waals surface area (Å²) in [6, 6.07) is 19.3. The number of para-hydroxylation sites is 1. The molecule has 1 heterocycles. The quantitative estimate of drug-likeness (QED) is 0.670. The van der Waals surface area contributed by atoms with E-state index < -0.39 is 0 Å². The minimum Gasteiger partial charge on any atom is -0.296 e. The molecule has 0 bridgehead atoms. The number of aldehydes is 1. The highest BCUT2D eigenvalue weighted by molar-refractivity contribution is 5.83. The van der Waals surface area contributed by atoms with Crippen molar-refractivity contribution in [3.63, 3.8) is 0 Å². The van der Waals surface area contributed by atoms with E-state index in [0.717, 1.165) is 17.5 Å². The van der Waals surface area contributed by atoms with Crippen molar-refractivity contribution in [2.45, 2.75) is 0 Å². The van der Waals surface area contributed by atoms with Gasteiger partial charge in [0.05, 0.1) is 5.69 Å². The molecule has 3 rings (SSSR count). The molecule has 0 atom stereocenters. The molecule has 0 saturated heterocycles. The highest BCUT2D eigenvalue weighted by atomic mass is 16.1. The summed E-state index contributed by atoms with van der Waals surface area (Å²) in [5, 5.41) is 8.00. The van der Waals surface area contributed by atoms with E-state index in [1.807, 2.05) is 60.7 Å². The topological polar surface area (TPSA) is 47.8 Å². The predicted octanol–water partition coefficient (Wildman–Crippen LogP) is 2.75. The molecule has 0 amide bonds. The summed E-state index contributed by atoms with van der Waals surface area (Å²) in [5.41, 5.74) is 2.84. The Balaban J connectivity index is 2.23. The van der Waals surface area contributed by atoms with Crippen LogP contribution in [0.5, 0.6) is 0 Å². The molecule has 0 aliphatic carbocycles. The van der Waals surface area contributed by atoms with Crippen molar-refractivity contribution in [3.05, 3.63) is 66.4 Å². The molecule has 92 valence electrons. The van der Waals surface area contributed by atoms with E-state index in [4.69, 9.17) is 0 Å². The van der Waals surface area contributed by atoms with Gasteiger partial charge in [0, 0.05) is 5.56 Å². The number of carbonyl (C=O) groups excluding carboxylic acids is 1. The van der Waals surface area contributed by atoms with Crippen LogP contribution in [0.15, 0.2) is 60.7 Å². The minimum atomic E-state index is 0.343. The molecule has 0 radical (unpaired) electrons. The monoisotopic (exact) mass is 249 g/mol. The Labute approximate surface area is 110 Å². The van der Waals surface area contributed by atoms with Crippen molar-refractivity contribution in [1.29, 1.82) is 0 Å². The van der Waals surface area contributed by atoms with E-state index in [2.05, 4.69) is 10.3 Å². The second-order valence-corrected chi connectivity index (χ2v) is 4.05. The lowest BCUT2D eigenvalue weighted by Gasteiger charge is -2.06. The van der Waals surface area contributed by atoms with Gasteiger partial charge in [0.25, 0.3) is 0 Å². The molecule has 1 aromatic heterocycles. The van der Waals surface area contributed by atoms with Crippen LogP contribution >= 0.6 is 0 Å². The molecule has 19 heavy (non-hydrogen) atoms. The summed E-state index contributed by atoms with van der Waals surface area (Å²) in [4.78, 5) is 11.1. The number of hydrogen-bond donors (Lipinski definition) is 0. The normalized spacial score (nSPS) is 10.3. The summed E-state index contributed by atoms with van der Waals surface area (Å²) in [5.74, 6) is 0. The Morgan fingerprint density at radius 1 is 0.895 bits per heavy atom. The van der Waals surface area contributed by atoms with E-state index in [1.165, 1.54) is 0 Å². The predicted molar refractivity (Wildman–Crippen MR) is 72.2 cm³/mol. The molecule has 0 aliphatic heterocycles. The van der Waals surface area contributed by atoms with Crippen molar-refractivity contribution >= 4 is 6.29 Å². The average Bonchev–Trinajstić information content (AvgIpc) is 2.93. The van der Waals surface area contributed by atoms with Gasteiger partial charge in [-0.3, -0.25) is 4.79 Å². The van der Waals surface area contributed by atoms with Crippen LogP contribution in [0.25, 0.3) is 16.9 Å². The first kappa shape index (κ1) is 11.3. The van der Waals surface area contributed by atoms with Crippen molar-refractivity contribution in [2.24, 2.45) is 0 Å². The van der Waals surface area contributed by atoms with E-state index in [-0.39, 0.29) is 0 Å². The van der Waals surface area contributed by atoms with Crippen LogP contribution < -0.4 is 0 Å². The number of aromatic nitrogens is 3. The smallest absolute Gasteiger partial charge is 0.172 e. The molecule has 0 N–H and O–H groups in total. The van der Waals surface area contributed by atoms with Gasteiger partial charge in [0.15, 0.2) is 12.0 Å². The van der Waals surface area contributed by atoms with Gasteiger partial charge in [0.1, 0.15) is 5.69 Å². The van der Waals surface area contributed by atoms with Crippen molar-refractivity contribution in [3.8, 4) is 16.9 Å². The highest BCUT2D eigenvalue weighted by Crippen LogP contribution is 2.23. The largest absolute Gasteiger partial charge is 0.296 e. The lowest BCUT2D eigenvalue weighted by molar-refractivity contribution is 0.111. The number of hydrogen-bond acceptors (Lipinski definition) is 3. The number of carbonyl (C=O) groups is 1. The van der Waals surface area contributed by atoms with Crippen LogP contribution in [0.4, 0.5) is 0 Å². The third-order valence-electron chi connectivity index (χ3n) is 2.86. The maximum absolute atomic E-state index is 11.1. The molecule has 2 aromatic carbocycles. The molecular formula is C15H11N3O. The van der Waals surface area contributed by atoms with Gasteiger partial charge in [-0.2, -0.15) is 0 Å². The second-order valence-electron chi connectivity index (χ2n) is 4.05. The van der Waals surface area contributed by atoms with Crippen LogP contribution in [0, 0.1) is 0 Å². The molecule has 0 unspecified atom stereocenters. The first-order valence-corrected chi connectivity index (χ1v) is 5.92. The summed E-state index contributed by atoms with van der Waals surface area (Å²) in [6.45, 7) is 0. The zero-order valence-corrected chi connectivity index (χ0v) is 10.1. The Morgan fingerprint density at radius 2 is 1.53 bits per heavy atom. The van der Waals surface area contributed by atoms with Crippen LogP contribution in [0.1, 0.15) is 10.5 Å². The Hall–Kier alpha value is -2.75. The van der Waals surface area contributed by atoms with E-state index in [9.17, 15) is 4.79 Å². The van der Waals surface area contributed by atoms with Gasteiger partial charge in [0.2, 0.25) is 0 Å². The summed E-state index contributed by atoms with van der Waals surface area (Å²) in [7, 11) is 0. The first-order valence-electron chi connectivity index (χ1n) is 5.92. The Morgan fingerprint density at radius 3 is 2.16 bits per heavy atom. The molecule has 0 aliphatic rings. The zero-order valence-electron chi connectivity index (χ0n) is 10.1. The third-order valence-corrected chi connectivity index (χ3v) is 2.86. The summed E-state index contributed by atoms with van der Waals surface area (Å²) < 4.78 is 1.68. The van der Waals surface area contributed by atoms with Gasteiger partial charge in [-0.1, -0.05) is 53.7 Å². The number of benzene rings is 2. The lowest BCUT2D eigenvalue weighted by Crippen LogP contribution is -1.99. The molecule has 0 saturated carbocycles. The van der Waals surface area contributed by atoms with Crippen molar-refractivity contribution in [1.82, 2.24) is 15.0 Å². The minimum absolute atomic E-state index is 0.343. The number of rotatable bonds is 3. The molecule has 4 nitrogen and oxygen atoms in total. The van der Waals surface area contributed by atoms with E-state index in [0.29, 0.717) is 11.4 Å². The SMILES string of the molecule is O=Cc1nnn(-c2ccccc2)c1-c1ccccc1. The van der Waals surface area contributed by atoms with E-state index in [1.54, 1.807) is 4.68 Å². The molecule has 4 heteroatoms. The van der Waals surface area contributed by atoms with Crippen molar-refractivity contribution in [2.75, 3.05) is 0 Å². The Bertz CT molecular complexity index is 690. The van der Waals surface area contributed by atoms with E-state index >= 15 is 0 Å². The molecule has 0 fully saturated rings. The number of nitrogens with zero attached hydrogens (tertiary/aromatic N) is 3. The van der Waals surface area contributed by atoms with Crippen LogP contribution in [0.2, 0.25) is 0 Å². The molecular weight excluding hydrogens is 238 g/mol. The van der Waals surface area contributed by atoms with Gasteiger partial charge in [-0.25, -0.2) is 4.68 Å². The molecule has 3 aromatic rings. The zero-order chi connectivity index (χ0) is 13.1. The lowest BCUT2D eigenvalue weighted by atomic mass is 10.1. The second kappa shape index (κ2) is 4.86. The van der Waals surface area contributed by atoms with Gasteiger partial charge in [-0.05, 0) is 12.1 Å². The Kier molecular flexibility index (Phi) is 2.90. The first-order chi connectivity index (χ1) is 9.40. The average molecular weight is 249 g/mol. The van der Waals surface area contributed by atoms with Gasteiger partial charge >= 0.3 is 0 Å². The summed E-state index contributed by atoms with van der Waals surface area (Å²) >= 11 is 0. The third kappa shape index (κ3) is 2.04. The fourth-order valence-corrected chi connectivity index (χ4v) is 1.99. The summed E-state index contributed by atoms with van der Waals surface area (Å²) in [6.07, 6.45) is 0.731. The van der Waals surface area contributed by atoms with Crippen LogP contribution in [-0.4, -0.2) is 21.3 Å². The van der Waals surface area contributed by atoms with Crippen LogP contribution in [0.3, 0.4) is 0 Å². The van der Waals surface area contributed by atoms with Gasteiger partial charge < -0.3 is 0 Å². The maximum Gasteiger partial charge on any atom is 0.172 e. The van der Waals surface area contributed by atoms with Crippen molar-refractivity contribution < 1.29 is 4.79 Å². The standard InChI is InChI=1S/C15H11N3O/c19-11-14-15(12-7-3-1-4-8-12)18(17-16-14)13-9-5-2-6-10-13/h1-11H. The fraction of sp³-hybridized carbons (Fsp3) is 0. The fourth-order valence-electron chi connectivity index (χ4n) is 1.99. The van der Waals surface area contributed by atoms with Gasteiger partial charge in [-0.15, -0.1) is 5.10 Å². The van der Waals surface area contributed by atoms with Crippen LogP contribution in [-0.2, 0) is 0 Å².